The largest absolute Gasteiger partial charge is 0.356 e. The van der Waals surface area contributed by atoms with Gasteiger partial charge in [-0.15, -0.1) is 0 Å². The molecule has 0 atom stereocenters. The number of fused-ring (bicyclic) bond motifs is 14. The third-order valence-corrected chi connectivity index (χ3v) is 20.9. The SMILES string of the molecule is c1ccc(-c2ccc(Nc3ccc4c(c3)c3cc5ccccc5cc3n4-c3ccccc3)cc2)cc1.c1ccc(-c2ccc(Nc3ccc4c5c6ccccc6ccc5n(-c5ccccc5)c4c3)cc2)cc1.c1ccc(-c2cccc(Cc3ccc4c5ccc6ccccc6c5n(-c5ccccn5)c4c3)c2)cc1. The van der Waals surface area contributed by atoms with Crippen LogP contribution in [0.25, 0.3) is 148 Å². The minimum atomic E-state index is 0.876. The van der Waals surface area contributed by atoms with Crippen molar-refractivity contribution in [1.82, 2.24) is 18.7 Å². The zero-order chi connectivity index (χ0) is 71.7. The molecule has 6 nitrogen and oxygen atoms in total. The van der Waals surface area contributed by atoms with Gasteiger partial charge in [-0.2, -0.15) is 0 Å². The summed E-state index contributed by atoms with van der Waals surface area (Å²) in [5, 5.41) is 22.3. The van der Waals surface area contributed by atoms with Crippen LogP contribution in [0.1, 0.15) is 11.1 Å². The molecular weight excluding hydrogens is 1310 g/mol. The maximum absolute atomic E-state index is 4.75. The number of pyridine rings is 1. The Balaban J connectivity index is 0.000000110. The van der Waals surface area contributed by atoms with Crippen molar-refractivity contribution in [2.45, 2.75) is 6.42 Å². The Labute approximate surface area is 626 Å². The minimum absolute atomic E-state index is 0.876. The van der Waals surface area contributed by atoms with E-state index in [1.807, 2.05) is 24.4 Å². The molecule has 17 aromatic carbocycles. The lowest BCUT2D eigenvalue weighted by Gasteiger charge is -2.11. The Bertz CT molecular complexity index is 6830. The summed E-state index contributed by atoms with van der Waals surface area (Å²) in [5.41, 5.74) is 23.9. The molecule has 0 bridgehead atoms. The van der Waals surface area contributed by atoms with Gasteiger partial charge in [-0.25, -0.2) is 4.98 Å². The van der Waals surface area contributed by atoms with E-state index >= 15 is 0 Å². The summed E-state index contributed by atoms with van der Waals surface area (Å²) in [5.74, 6) is 0.942. The van der Waals surface area contributed by atoms with Crippen LogP contribution in [0.5, 0.6) is 0 Å². The highest BCUT2D eigenvalue weighted by molar-refractivity contribution is 6.22. The number of hydrogen-bond donors (Lipinski definition) is 2. The number of benzene rings is 17. The molecule has 21 rings (SSSR count). The first kappa shape index (κ1) is 64.5. The van der Waals surface area contributed by atoms with Crippen molar-refractivity contribution in [3.8, 4) is 50.6 Å². The quantitative estimate of drug-likeness (QED) is 0.128. The maximum Gasteiger partial charge on any atom is 0.137 e. The second kappa shape index (κ2) is 28.4. The van der Waals surface area contributed by atoms with Crippen molar-refractivity contribution in [3.05, 3.63) is 424 Å². The zero-order valence-corrected chi connectivity index (χ0v) is 59.3. The lowest BCUT2D eigenvalue weighted by atomic mass is 9.98. The predicted molar refractivity (Wildman–Crippen MR) is 458 cm³/mol. The lowest BCUT2D eigenvalue weighted by molar-refractivity contribution is 1.08. The average Bonchev–Trinajstić information content (AvgIpc) is 1.59. The van der Waals surface area contributed by atoms with Crippen LogP contribution < -0.4 is 10.6 Å². The molecule has 4 heterocycles. The van der Waals surface area contributed by atoms with Gasteiger partial charge in [-0.3, -0.25) is 4.57 Å². The molecule has 21 aromatic rings. The van der Waals surface area contributed by atoms with Gasteiger partial charge in [0.1, 0.15) is 5.82 Å². The van der Waals surface area contributed by atoms with E-state index in [1.165, 1.54) is 148 Å². The van der Waals surface area contributed by atoms with Crippen LogP contribution in [0.4, 0.5) is 22.7 Å². The van der Waals surface area contributed by atoms with Crippen LogP contribution in [0.3, 0.4) is 0 Å². The van der Waals surface area contributed by atoms with Gasteiger partial charge in [0.05, 0.1) is 33.1 Å². The van der Waals surface area contributed by atoms with Gasteiger partial charge in [0.2, 0.25) is 0 Å². The van der Waals surface area contributed by atoms with Gasteiger partial charge < -0.3 is 19.8 Å². The van der Waals surface area contributed by atoms with Crippen LogP contribution in [-0.4, -0.2) is 18.7 Å². The number of nitrogens with one attached hydrogen (secondary N) is 2. The molecule has 0 aliphatic carbocycles. The molecule has 0 saturated carbocycles. The topological polar surface area (TPSA) is 51.7 Å². The Kier molecular flexibility index (Phi) is 16.9. The molecule has 6 heteroatoms. The van der Waals surface area contributed by atoms with Gasteiger partial charge in [0.25, 0.3) is 0 Å². The minimum Gasteiger partial charge on any atom is -0.356 e. The monoisotopic (exact) mass is 1380 g/mol. The first-order chi connectivity index (χ1) is 53.5. The Morgan fingerprint density at radius 2 is 0.667 bits per heavy atom. The normalized spacial score (nSPS) is 11.4. The fraction of sp³-hybridized carbons (Fsp3) is 0.00980. The average molecular weight is 1380 g/mol. The molecule has 2 N–H and O–H groups in total. The second-order valence-corrected chi connectivity index (χ2v) is 27.6. The van der Waals surface area contributed by atoms with E-state index in [0.29, 0.717) is 0 Å². The van der Waals surface area contributed by atoms with E-state index < -0.39 is 0 Å². The van der Waals surface area contributed by atoms with Crippen molar-refractivity contribution >= 4 is 120 Å². The third kappa shape index (κ3) is 12.5. The highest BCUT2D eigenvalue weighted by Gasteiger charge is 2.20. The van der Waals surface area contributed by atoms with Crippen LogP contribution in [0, 0.1) is 0 Å². The van der Waals surface area contributed by atoms with Crippen molar-refractivity contribution in [1.29, 1.82) is 0 Å². The Morgan fingerprint density at radius 3 is 1.31 bits per heavy atom. The summed E-state index contributed by atoms with van der Waals surface area (Å²) >= 11 is 0. The van der Waals surface area contributed by atoms with Gasteiger partial charge in [0, 0.05) is 78.0 Å². The molecule has 0 spiro atoms. The van der Waals surface area contributed by atoms with E-state index in [2.05, 4.69) is 413 Å². The van der Waals surface area contributed by atoms with Gasteiger partial charge in [0.15, 0.2) is 0 Å². The summed E-state index contributed by atoms with van der Waals surface area (Å²) in [6.45, 7) is 0. The van der Waals surface area contributed by atoms with E-state index in [4.69, 9.17) is 4.98 Å². The first-order valence-electron chi connectivity index (χ1n) is 36.9. The van der Waals surface area contributed by atoms with E-state index in [9.17, 15) is 0 Å². The molecule has 0 amide bonds. The van der Waals surface area contributed by atoms with E-state index in [1.54, 1.807) is 0 Å². The zero-order valence-electron chi connectivity index (χ0n) is 59.3. The second-order valence-electron chi connectivity index (χ2n) is 27.6. The number of para-hydroxylation sites is 2. The summed E-state index contributed by atoms with van der Waals surface area (Å²) in [6.07, 6.45) is 2.75. The van der Waals surface area contributed by atoms with Crippen LogP contribution in [0.15, 0.2) is 413 Å². The molecule has 0 fully saturated rings. The van der Waals surface area contributed by atoms with Crippen molar-refractivity contribution in [2.24, 2.45) is 0 Å². The Morgan fingerprint density at radius 1 is 0.222 bits per heavy atom. The van der Waals surface area contributed by atoms with E-state index in [0.717, 1.165) is 40.7 Å². The number of anilines is 4. The standard InChI is InChI=1S/3C34H24N2/c1-3-9-24(10-4-1)25-15-17-28(18-16-25)35-29-19-20-33-32(23-29)31-21-26-11-7-8-12-27(26)22-34(31)36(33)30-13-5-2-6-14-30;1-3-9-24(10-4-1)25-15-18-27(19-16-25)35-28-20-21-31-33(23-28)36(29-12-5-2-6-13-29)32-22-17-26-11-7-8-14-30(26)34(31)32;1-2-10-26(11-3-1)28-13-8-9-24(22-28)21-25-16-18-30-31-19-17-27-12-4-5-14-29(27)34(31)36(32(30)23-25)33-15-6-7-20-35-33/h2*1-23,35H;1-20,22-23H,21H2. The van der Waals surface area contributed by atoms with Gasteiger partial charge >= 0.3 is 0 Å². The van der Waals surface area contributed by atoms with Crippen molar-refractivity contribution in [3.63, 3.8) is 0 Å². The highest BCUT2D eigenvalue weighted by Crippen LogP contribution is 2.42. The number of hydrogen-bond acceptors (Lipinski definition) is 3. The number of aromatic nitrogens is 4. The summed E-state index contributed by atoms with van der Waals surface area (Å²) in [4.78, 5) is 4.75. The van der Waals surface area contributed by atoms with Gasteiger partial charge in [-0.05, 0) is 193 Å². The molecule has 0 saturated heterocycles. The van der Waals surface area contributed by atoms with Gasteiger partial charge in [-0.1, -0.05) is 291 Å². The third-order valence-electron chi connectivity index (χ3n) is 20.9. The van der Waals surface area contributed by atoms with Crippen LogP contribution >= 0.6 is 0 Å². The van der Waals surface area contributed by atoms with Crippen LogP contribution in [0.2, 0.25) is 0 Å². The fourth-order valence-electron chi connectivity index (χ4n) is 15.8. The molecule has 108 heavy (non-hydrogen) atoms. The molecular formula is C102H72N6. The molecule has 510 valence electrons. The number of nitrogens with zero attached hydrogens (tertiary/aromatic N) is 4. The summed E-state index contributed by atoms with van der Waals surface area (Å²) in [6, 6.07) is 145. The fourth-order valence-corrected chi connectivity index (χ4v) is 15.8. The summed E-state index contributed by atoms with van der Waals surface area (Å²) < 4.78 is 7.08. The lowest BCUT2D eigenvalue weighted by Crippen LogP contribution is -1.97. The van der Waals surface area contributed by atoms with Crippen LogP contribution in [-0.2, 0) is 6.42 Å². The number of rotatable bonds is 12. The van der Waals surface area contributed by atoms with Crippen molar-refractivity contribution in [2.75, 3.05) is 10.6 Å². The maximum atomic E-state index is 4.75. The molecule has 0 aliphatic rings. The molecule has 0 unspecified atom stereocenters. The molecule has 0 radical (unpaired) electrons. The van der Waals surface area contributed by atoms with Crippen molar-refractivity contribution < 1.29 is 0 Å². The predicted octanol–water partition coefficient (Wildman–Crippen LogP) is 27.3. The smallest absolute Gasteiger partial charge is 0.137 e. The molecule has 0 aliphatic heterocycles. The summed E-state index contributed by atoms with van der Waals surface area (Å²) in [7, 11) is 0. The Hall–Kier alpha value is -14.3. The molecule has 4 aromatic heterocycles. The highest BCUT2D eigenvalue weighted by atomic mass is 15.1. The first-order valence-corrected chi connectivity index (χ1v) is 36.9. The van der Waals surface area contributed by atoms with E-state index in [-0.39, 0.29) is 0 Å².